The molecule has 0 spiro atoms. The van der Waals surface area contributed by atoms with E-state index in [2.05, 4.69) is 5.32 Å². The van der Waals surface area contributed by atoms with E-state index >= 15 is 0 Å². The molecule has 2 aromatic rings. The van der Waals surface area contributed by atoms with Crippen LogP contribution in [0.3, 0.4) is 0 Å². The van der Waals surface area contributed by atoms with Gasteiger partial charge in [-0.1, -0.05) is 48.2 Å². The van der Waals surface area contributed by atoms with Gasteiger partial charge in [0.2, 0.25) is 0 Å². The Labute approximate surface area is 164 Å². The highest BCUT2D eigenvalue weighted by atomic mass is 32.2. The van der Waals surface area contributed by atoms with Crippen LogP contribution in [0.4, 0.5) is 26.3 Å². The van der Waals surface area contributed by atoms with E-state index in [-0.39, 0.29) is 23.1 Å². The number of hydrogen-bond donors (Lipinski definition) is 1. The van der Waals surface area contributed by atoms with Crippen LogP contribution in [0.15, 0.2) is 47.4 Å². The minimum Gasteiger partial charge on any atom is -0.307 e. The first kappa shape index (κ1) is 20.4. The van der Waals surface area contributed by atoms with E-state index in [0.29, 0.717) is 26.9 Å². The van der Waals surface area contributed by atoms with Gasteiger partial charge in [-0.05, 0) is 41.0 Å². The maximum atomic E-state index is 13.0. The lowest BCUT2D eigenvalue weighted by Gasteiger charge is -2.14. The van der Waals surface area contributed by atoms with Crippen LogP contribution < -0.4 is 5.32 Å². The van der Waals surface area contributed by atoms with Crippen LogP contribution in [-0.4, -0.2) is 10.2 Å². The molecule has 2 aromatic carbocycles. The number of thioether (sulfide) groups is 1. The Morgan fingerprint density at radius 1 is 0.857 bits per heavy atom. The number of halogens is 6. The zero-order chi connectivity index (χ0) is 20.7. The van der Waals surface area contributed by atoms with Crippen LogP contribution >= 0.6 is 24.0 Å². The van der Waals surface area contributed by atoms with Gasteiger partial charge in [-0.25, -0.2) is 0 Å². The normalized spacial score (nSPS) is 16.6. The third-order valence-electron chi connectivity index (χ3n) is 3.77. The number of thiocarbonyl (C=S) groups is 1. The van der Waals surface area contributed by atoms with E-state index in [1.807, 2.05) is 0 Å². The Balaban J connectivity index is 1.98. The number of carbonyl (C=O) groups is 1. The van der Waals surface area contributed by atoms with Gasteiger partial charge in [0.05, 0.1) is 16.0 Å². The van der Waals surface area contributed by atoms with Crippen molar-refractivity contribution in [3.8, 4) is 11.1 Å². The Morgan fingerprint density at radius 3 is 1.82 bits per heavy atom. The Kier molecular flexibility index (Phi) is 5.28. The molecule has 1 heterocycles. The molecule has 0 radical (unpaired) electrons. The van der Waals surface area contributed by atoms with E-state index in [1.54, 1.807) is 0 Å². The molecule has 1 fully saturated rings. The van der Waals surface area contributed by atoms with E-state index in [9.17, 15) is 31.1 Å². The summed E-state index contributed by atoms with van der Waals surface area (Å²) in [4.78, 5) is 12.0. The summed E-state index contributed by atoms with van der Waals surface area (Å²) in [5.41, 5.74) is -2.24. The number of rotatable bonds is 2. The maximum Gasteiger partial charge on any atom is 0.416 e. The van der Waals surface area contributed by atoms with Gasteiger partial charge in [0.15, 0.2) is 0 Å². The van der Waals surface area contributed by atoms with Gasteiger partial charge < -0.3 is 5.32 Å². The Bertz CT molecular complexity index is 945. The summed E-state index contributed by atoms with van der Waals surface area (Å²) in [6.45, 7) is 0. The van der Waals surface area contributed by atoms with Crippen LogP contribution in [0.2, 0.25) is 0 Å². The first-order valence-electron chi connectivity index (χ1n) is 7.58. The molecule has 0 bridgehead atoms. The van der Waals surface area contributed by atoms with Crippen molar-refractivity contribution in [2.24, 2.45) is 0 Å². The van der Waals surface area contributed by atoms with Crippen molar-refractivity contribution in [1.82, 2.24) is 5.32 Å². The smallest absolute Gasteiger partial charge is 0.307 e. The van der Waals surface area contributed by atoms with Crippen molar-refractivity contribution < 1.29 is 31.1 Å². The second-order valence-electron chi connectivity index (χ2n) is 5.77. The molecular weight excluding hydrogens is 424 g/mol. The SMILES string of the molecule is O=C1NC(=S)S/C1=C/c1ccc(-c2cc(C(F)(F)F)cc(C(F)(F)F)c2)cc1. The summed E-state index contributed by atoms with van der Waals surface area (Å²) in [6.07, 6.45) is -8.30. The molecule has 0 atom stereocenters. The molecule has 1 saturated heterocycles. The average Bonchev–Trinajstić information content (AvgIpc) is 2.91. The van der Waals surface area contributed by atoms with Gasteiger partial charge in [-0.15, -0.1) is 0 Å². The van der Waals surface area contributed by atoms with Gasteiger partial charge in [-0.3, -0.25) is 4.79 Å². The standard InChI is InChI=1S/C18H9F6NOS2/c19-17(20,21)12-6-11(7-13(8-12)18(22,23)24)10-3-1-9(2-4-10)5-14-15(26)25-16(27)28-14/h1-8H,(H,25,26,27)/b14-5+. The summed E-state index contributed by atoms with van der Waals surface area (Å²) < 4.78 is 78.2. The van der Waals surface area contributed by atoms with E-state index in [1.165, 1.54) is 30.3 Å². The largest absolute Gasteiger partial charge is 0.416 e. The van der Waals surface area contributed by atoms with Gasteiger partial charge >= 0.3 is 12.4 Å². The fourth-order valence-electron chi connectivity index (χ4n) is 2.47. The van der Waals surface area contributed by atoms with E-state index < -0.39 is 23.5 Å². The zero-order valence-corrected chi connectivity index (χ0v) is 15.2. The molecule has 2 nitrogen and oxygen atoms in total. The van der Waals surface area contributed by atoms with Crippen molar-refractivity contribution in [2.45, 2.75) is 12.4 Å². The molecule has 0 unspecified atom stereocenters. The zero-order valence-electron chi connectivity index (χ0n) is 13.6. The molecule has 3 rings (SSSR count). The lowest BCUT2D eigenvalue weighted by atomic mass is 9.98. The minimum absolute atomic E-state index is 0.0844. The van der Waals surface area contributed by atoms with Crippen molar-refractivity contribution in [3.63, 3.8) is 0 Å². The second kappa shape index (κ2) is 7.25. The molecule has 146 valence electrons. The van der Waals surface area contributed by atoms with Crippen LogP contribution in [0.5, 0.6) is 0 Å². The number of carbonyl (C=O) groups excluding carboxylic acids is 1. The summed E-state index contributed by atoms with van der Waals surface area (Å²) in [7, 11) is 0. The summed E-state index contributed by atoms with van der Waals surface area (Å²) in [6, 6.07) is 7.18. The van der Waals surface area contributed by atoms with Crippen LogP contribution in [-0.2, 0) is 17.1 Å². The number of amides is 1. The van der Waals surface area contributed by atoms with Crippen LogP contribution in [0.1, 0.15) is 16.7 Å². The van der Waals surface area contributed by atoms with Crippen LogP contribution in [0, 0.1) is 0 Å². The van der Waals surface area contributed by atoms with Gasteiger partial charge in [0.1, 0.15) is 4.32 Å². The fourth-order valence-corrected chi connectivity index (χ4v) is 3.51. The maximum absolute atomic E-state index is 13.0. The highest BCUT2D eigenvalue weighted by Gasteiger charge is 2.37. The highest BCUT2D eigenvalue weighted by molar-refractivity contribution is 8.26. The summed E-state index contributed by atoms with van der Waals surface area (Å²) in [5, 5.41) is 2.44. The average molecular weight is 433 g/mol. The Morgan fingerprint density at radius 2 is 1.39 bits per heavy atom. The first-order valence-corrected chi connectivity index (χ1v) is 8.81. The number of hydrogen-bond acceptors (Lipinski definition) is 3. The van der Waals surface area contributed by atoms with Crippen molar-refractivity contribution in [2.75, 3.05) is 0 Å². The highest BCUT2D eigenvalue weighted by Crippen LogP contribution is 2.38. The number of alkyl halides is 6. The lowest BCUT2D eigenvalue weighted by molar-refractivity contribution is -0.143. The molecule has 0 aromatic heterocycles. The molecule has 1 amide bonds. The van der Waals surface area contributed by atoms with Crippen molar-refractivity contribution >= 4 is 40.3 Å². The first-order chi connectivity index (χ1) is 12.9. The summed E-state index contributed by atoms with van der Waals surface area (Å²) >= 11 is 5.93. The second-order valence-corrected chi connectivity index (χ2v) is 7.49. The topological polar surface area (TPSA) is 29.1 Å². The number of benzene rings is 2. The van der Waals surface area contributed by atoms with Gasteiger partial charge in [-0.2, -0.15) is 26.3 Å². The number of nitrogens with one attached hydrogen (secondary N) is 1. The van der Waals surface area contributed by atoms with Crippen molar-refractivity contribution in [1.29, 1.82) is 0 Å². The minimum atomic E-state index is -4.91. The summed E-state index contributed by atoms with van der Waals surface area (Å²) in [5.74, 6) is -0.369. The molecular formula is C18H9F6NOS2. The molecule has 10 heteroatoms. The third kappa shape index (κ3) is 4.56. The molecule has 28 heavy (non-hydrogen) atoms. The molecule has 0 saturated carbocycles. The quantitative estimate of drug-likeness (QED) is 0.364. The van der Waals surface area contributed by atoms with Gasteiger partial charge in [0, 0.05) is 0 Å². The third-order valence-corrected chi connectivity index (χ3v) is 4.93. The predicted molar refractivity (Wildman–Crippen MR) is 98.2 cm³/mol. The monoisotopic (exact) mass is 433 g/mol. The molecule has 1 aliphatic heterocycles. The van der Waals surface area contributed by atoms with Crippen LogP contribution in [0.25, 0.3) is 17.2 Å². The van der Waals surface area contributed by atoms with E-state index in [0.717, 1.165) is 11.8 Å². The fraction of sp³-hybridized carbons (Fsp3) is 0.111. The molecule has 0 aliphatic carbocycles. The predicted octanol–water partition coefficient (Wildman–Crippen LogP) is 5.88. The van der Waals surface area contributed by atoms with Crippen molar-refractivity contribution in [3.05, 3.63) is 64.1 Å². The van der Waals surface area contributed by atoms with Gasteiger partial charge in [0.25, 0.3) is 5.91 Å². The lowest BCUT2D eigenvalue weighted by Crippen LogP contribution is -2.17. The molecule has 1 N–H and O–H groups in total. The molecule has 1 aliphatic rings. The van der Waals surface area contributed by atoms with E-state index in [4.69, 9.17) is 12.2 Å². The Hall–Kier alpha value is -2.33.